The number of fused-ring (bicyclic) bond motifs is 1. The van der Waals surface area contributed by atoms with E-state index in [-0.39, 0.29) is 17.7 Å². The predicted octanol–water partition coefficient (Wildman–Crippen LogP) is 0.939. The number of amides is 2. The zero-order chi connectivity index (χ0) is 15.7. The second-order valence-corrected chi connectivity index (χ2v) is 6.51. The van der Waals surface area contributed by atoms with Crippen LogP contribution < -0.4 is 0 Å². The summed E-state index contributed by atoms with van der Waals surface area (Å²) in [6, 6.07) is 8.17. The number of likely N-dealkylation sites (N-methyl/N-ethyl adjacent to an activating group) is 1. The van der Waals surface area contributed by atoms with Crippen LogP contribution in [0, 0.1) is 5.92 Å². The lowest BCUT2D eigenvalue weighted by Crippen LogP contribution is -2.36. The van der Waals surface area contributed by atoms with Gasteiger partial charge in [-0.15, -0.1) is 0 Å². The molecule has 0 spiro atoms. The van der Waals surface area contributed by atoms with Gasteiger partial charge in [0.25, 0.3) is 0 Å². The number of carbonyl (C=O) groups is 2. The van der Waals surface area contributed by atoms with Gasteiger partial charge in [-0.25, -0.2) is 0 Å². The summed E-state index contributed by atoms with van der Waals surface area (Å²) in [5.41, 5.74) is 2.45. The zero-order valence-electron chi connectivity index (χ0n) is 13.3. The molecule has 1 saturated heterocycles. The first-order chi connectivity index (χ1) is 10.5. The summed E-state index contributed by atoms with van der Waals surface area (Å²) in [4.78, 5) is 30.5. The summed E-state index contributed by atoms with van der Waals surface area (Å²) >= 11 is 0. The van der Waals surface area contributed by atoms with Crippen molar-refractivity contribution >= 4 is 11.8 Å². The average Bonchev–Trinajstić information content (AvgIpc) is 3.07. The Bertz CT molecular complexity index is 560. The maximum Gasteiger partial charge on any atom is 0.228 e. The average molecular weight is 301 g/mol. The quantitative estimate of drug-likeness (QED) is 0.831. The number of likely N-dealkylation sites (tertiary alicyclic amines) is 1. The molecular weight excluding hydrogens is 278 g/mol. The predicted molar refractivity (Wildman–Crippen MR) is 83.9 cm³/mol. The monoisotopic (exact) mass is 301 g/mol. The van der Waals surface area contributed by atoms with Gasteiger partial charge in [-0.3, -0.25) is 9.59 Å². The minimum absolute atomic E-state index is 0.108. The lowest BCUT2D eigenvalue weighted by Gasteiger charge is -2.21. The molecule has 1 atom stereocenters. The number of nitrogens with zero attached hydrogens (tertiary/aromatic N) is 3. The summed E-state index contributed by atoms with van der Waals surface area (Å²) in [5, 5.41) is 0. The first-order valence-corrected chi connectivity index (χ1v) is 7.82. The van der Waals surface area contributed by atoms with Crippen LogP contribution in [0.4, 0.5) is 0 Å². The third-order valence-corrected chi connectivity index (χ3v) is 4.53. The van der Waals surface area contributed by atoms with E-state index < -0.39 is 0 Å². The normalized spacial score (nSPS) is 20.9. The molecule has 3 rings (SSSR count). The standard InChI is InChI=1S/C17H23N3O2/c1-18(2)7-8-19-12-15(9-16(19)21)17(22)20-10-13-5-3-4-6-14(13)11-20/h3-6,15H,7-12H2,1-2H3/t15-/m1/s1. The second kappa shape index (κ2) is 6.08. The molecular formula is C17H23N3O2. The molecule has 5 heteroatoms. The molecule has 0 aromatic heterocycles. The van der Waals surface area contributed by atoms with Gasteiger partial charge in [-0.05, 0) is 25.2 Å². The fourth-order valence-electron chi connectivity index (χ4n) is 3.22. The minimum atomic E-state index is -0.177. The van der Waals surface area contributed by atoms with Crippen LogP contribution in [0.2, 0.25) is 0 Å². The highest BCUT2D eigenvalue weighted by atomic mass is 16.2. The van der Waals surface area contributed by atoms with Crippen LogP contribution in [0.5, 0.6) is 0 Å². The molecule has 0 unspecified atom stereocenters. The van der Waals surface area contributed by atoms with Gasteiger partial charge >= 0.3 is 0 Å². The zero-order valence-corrected chi connectivity index (χ0v) is 13.3. The van der Waals surface area contributed by atoms with Crippen molar-refractivity contribution in [1.82, 2.24) is 14.7 Å². The van der Waals surface area contributed by atoms with E-state index in [0.717, 1.165) is 6.54 Å². The van der Waals surface area contributed by atoms with Crippen molar-refractivity contribution < 1.29 is 9.59 Å². The summed E-state index contributed by atoms with van der Waals surface area (Å²) in [5.74, 6) is 0.0535. The fourth-order valence-corrected chi connectivity index (χ4v) is 3.22. The molecule has 5 nitrogen and oxygen atoms in total. The summed E-state index contributed by atoms with van der Waals surface area (Å²) in [7, 11) is 3.98. The minimum Gasteiger partial charge on any atom is -0.341 e. The van der Waals surface area contributed by atoms with E-state index in [1.165, 1.54) is 11.1 Å². The Morgan fingerprint density at radius 3 is 2.45 bits per heavy atom. The molecule has 22 heavy (non-hydrogen) atoms. The Morgan fingerprint density at radius 2 is 1.86 bits per heavy atom. The van der Waals surface area contributed by atoms with Crippen molar-refractivity contribution in [1.29, 1.82) is 0 Å². The van der Waals surface area contributed by atoms with Crippen molar-refractivity contribution in [2.45, 2.75) is 19.5 Å². The van der Waals surface area contributed by atoms with Crippen LogP contribution in [0.25, 0.3) is 0 Å². The van der Waals surface area contributed by atoms with Crippen molar-refractivity contribution in [2.75, 3.05) is 33.7 Å². The molecule has 2 amide bonds. The van der Waals surface area contributed by atoms with Crippen LogP contribution in [-0.2, 0) is 22.7 Å². The van der Waals surface area contributed by atoms with Gasteiger partial charge in [-0.1, -0.05) is 24.3 Å². The second-order valence-electron chi connectivity index (χ2n) is 6.51. The van der Waals surface area contributed by atoms with Crippen LogP contribution >= 0.6 is 0 Å². The highest BCUT2D eigenvalue weighted by Gasteiger charge is 2.37. The van der Waals surface area contributed by atoms with Crippen molar-refractivity contribution in [3.8, 4) is 0 Å². The van der Waals surface area contributed by atoms with E-state index in [0.29, 0.717) is 32.6 Å². The third-order valence-electron chi connectivity index (χ3n) is 4.53. The lowest BCUT2D eigenvalue weighted by atomic mass is 10.1. The Morgan fingerprint density at radius 1 is 1.23 bits per heavy atom. The Hall–Kier alpha value is -1.88. The number of rotatable bonds is 4. The number of hydrogen-bond donors (Lipinski definition) is 0. The van der Waals surface area contributed by atoms with Gasteiger partial charge in [-0.2, -0.15) is 0 Å². The van der Waals surface area contributed by atoms with Gasteiger partial charge in [0.2, 0.25) is 11.8 Å². The Kier molecular flexibility index (Phi) is 4.16. The fraction of sp³-hybridized carbons (Fsp3) is 0.529. The van der Waals surface area contributed by atoms with Crippen LogP contribution in [0.1, 0.15) is 17.5 Å². The van der Waals surface area contributed by atoms with Gasteiger partial charge in [0.05, 0.1) is 5.92 Å². The first kappa shape index (κ1) is 15.0. The van der Waals surface area contributed by atoms with Crippen molar-refractivity contribution in [2.24, 2.45) is 5.92 Å². The van der Waals surface area contributed by atoms with Crippen molar-refractivity contribution in [3.63, 3.8) is 0 Å². The molecule has 0 N–H and O–H groups in total. The molecule has 0 aliphatic carbocycles. The molecule has 118 valence electrons. The van der Waals surface area contributed by atoms with E-state index in [9.17, 15) is 9.59 Å². The van der Waals surface area contributed by atoms with E-state index in [2.05, 4.69) is 17.0 Å². The topological polar surface area (TPSA) is 43.9 Å². The number of carbonyl (C=O) groups excluding carboxylic acids is 2. The largest absolute Gasteiger partial charge is 0.341 e. The molecule has 2 heterocycles. The highest BCUT2D eigenvalue weighted by Crippen LogP contribution is 2.27. The van der Waals surface area contributed by atoms with Crippen molar-refractivity contribution in [3.05, 3.63) is 35.4 Å². The van der Waals surface area contributed by atoms with E-state index in [1.54, 1.807) is 0 Å². The lowest BCUT2D eigenvalue weighted by molar-refractivity contribution is -0.136. The van der Waals surface area contributed by atoms with Gasteiger partial charge in [0.15, 0.2) is 0 Å². The van der Waals surface area contributed by atoms with E-state index in [1.807, 2.05) is 36.0 Å². The SMILES string of the molecule is CN(C)CCN1C[C@H](C(=O)N2Cc3ccccc3C2)CC1=O. The number of hydrogen-bond acceptors (Lipinski definition) is 3. The summed E-state index contributed by atoms with van der Waals surface area (Å²) in [6.45, 7) is 3.46. The van der Waals surface area contributed by atoms with E-state index in [4.69, 9.17) is 0 Å². The first-order valence-electron chi connectivity index (χ1n) is 7.82. The van der Waals surface area contributed by atoms with Gasteiger partial charge < -0.3 is 14.7 Å². The molecule has 1 fully saturated rings. The summed E-state index contributed by atoms with van der Waals surface area (Å²) in [6.07, 6.45) is 0.360. The number of benzene rings is 1. The Balaban J connectivity index is 1.59. The van der Waals surface area contributed by atoms with Gasteiger partial charge in [0, 0.05) is 39.1 Å². The highest BCUT2D eigenvalue weighted by molar-refractivity contribution is 5.89. The molecule has 1 aromatic carbocycles. The molecule has 0 bridgehead atoms. The summed E-state index contributed by atoms with van der Waals surface area (Å²) < 4.78 is 0. The maximum atomic E-state index is 12.7. The van der Waals surface area contributed by atoms with E-state index >= 15 is 0 Å². The molecule has 0 saturated carbocycles. The van der Waals surface area contributed by atoms with Crippen LogP contribution in [0.3, 0.4) is 0 Å². The maximum absolute atomic E-state index is 12.7. The molecule has 1 aromatic rings. The Labute approximate surface area is 131 Å². The van der Waals surface area contributed by atoms with Crippen LogP contribution in [-0.4, -0.2) is 60.2 Å². The van der Waals surface area contributed by atoms with Crippen LogP contribution in [0.15, 0.2) is 24.3 Å². The molecule has 2 aliphatic heterocycles. The molecule has 2 aliphatic rings. The van der Waals surface area contributed by atoms with Gasteiger partial charge in [0.1, 0.15) is 0 Å². The third kappa shape index (κ3) is 2.99. The smallest absolute Gasteiger partial charge is 0.228 e. The molecule has 0 radical (unpaired) electrons.